The number of carboxylic acid groups (broad SMARTS) is 1. The average Bonchev–Trinajstić information content (AvgIpc) is 2.35. The first-order valence-corrected chi connectivity index (χ1v) is 5.96. The van der Waals surface area contributed by atoms with Gasteiger partial charge < -0.3 is 10.0 Å². The second-order valence-electron chi connectivity index (χ2n) is 4.45. The molecule has 0 heterocycles. The topological polar surface area (TPSA) is 57.6 Å². The van der Waals surface area contributed by atoms with Crippen LogP contribution in [-0.4, -0.2) is 35.0 Å². The predicted molar refractivity (Wildman–Crippen MR) is 69.4 cm³/mol. The van der Waals surface area contributed by atoms with Gasteiger partial charge in [0.25, 0.3) is 0 Å². The highest BCUT2D eigenvalue weighted by Gasteiger charge is 2.21. The normalized spacial score (nSPS) is 11.9. The van der Waals surface area contributed by atoms with E-state index in [-0.39, 0.29) is 5.91 Å². The quantitative estimate of drug-likeness (QED) is 0.866. The third-order valence-corrected chi connectivity index (χ3v) is 3.20. The Kier molecular flexibility index (Phi) is 4.89. The van der Waals surface area contributed by atoms with Gasteiger partial charge >= 0.3 is 5.97 Å². The average molecular weight is 249 g/mol. The van der Waals surface area contributed by atoms with Crippen molar-refractivity contribution in [2.75, 3.05) is 7.05 Å². The van der Waals surface area contributed by atoms with Crippen molar-refractivity contribution >= 4 is 11.9 Å². The molecule has 1 aromatic carbocycles. The minimum atomic E-state index is -0.984. The van der Waals surface area contributed by atoms with Gasteiger partial charge in [0.05, 0.1) is 0 Å². The van der Waals surface area contributed by atoms with Crippen LogP contribution in [0.3, 0.4) is 0 Å². The molecule has 0 radical (unpaired) electrons. The van der Waals surface area contributed by atoms with Crippen molar-refractivity contribution < 1.29 is 14.7 Å². The maximum Gasteiger partial charge on any atom is 0.326 e. The Morgan fingerprint density at radius 1 is 1.33 bits per heavy atom. The van der Waals surface area contributed by atoms with E-state index in [1.807, 2.05) is 31.2 Å². The van der Waals surface area contributed by atoms with Gasteiger partial charge in [0.2, 0.25) is 5.91 Å². The van der Waals surface area contributed by atoms with Crippen LogP contribution < -0.4 is 0 Å². The molecule has 1 rings (SSSR count). The summed E-state index contributed by atoms with van der Waals surface area (Å²) in [7, 11) is 1.53. The molecule has 98 valence electrons. The molecule has 4 heteroatoms. The van der Waals surface area contributed by atoms with Crippen LogP contribution in [-0.2, 0) is 16.0 Å². The summed E-state index contributed by atoms with van der Waals surface area (Å²) >= 11 is 0. The molecule has 1 atom stereocenters. The van der Waals surface area contributed by atoms with Crippen LogP contribution in [0.2, 0.25) is 0 Å². The Morgan fingerprint density at radius 3 is 2.50 bits per heavy atom. The minimum Gasteiger partial charge on any atom is -0.480 e. The summed E-state index contributed by atoms with van der Waals surface area (Å²) < 4.78 is 0. The highest BCUT2D eigenvalue weighted by Crippen LogP contribution is 2.11. The number of carbonyl (C=O) groups is 2. The number of hydrogen-bond donors (Lipinski definition) is 1. The SMILES string of the molecule is Cc1ccccc1CCC(=O)N(C)C(C)C(=O)O. The minimum absolute atomic E-state index is 0.145. The van der Waals surface area contributed by atoms with E-state index in [2.05, 4.69) is 0 Å². The molecule has 0 spiro atoms. The van der Waals surface area contributed by atoms with E-state index < -0.39 is 12.0 Å². The van der Waals surface area contributed by atoms with E-state index in [1.165, 1.54) is 18.9 Å². The first-order valence-electron chi connectivity index (χ1n) is 5.96. The third-order valence-electron chi connectivity index (χ3n) is 3.20. The number of aliphatic carboxylic acids is 1. The van der Waals surface area contributed by atoms with E-state index >= 15 is 0 Å². The largest absolute Gasteiger partial charge is 0.480 e. The monoisotopic (exact) mass is 249 g/mol. The Hall–Kier alpha value is -1.84. The van der Waals surface area contributed by atoms with Crippen LogP contribution in [0.4, 0.5) is 0 Å². The molecule has 0 saturated heterocycles. The summed E-state index contributed by atoms with van der Waals surface area (Å²) in [5.41, 5.74) is 2.28. The van der Waals surface area contributed by atoms with Gasteiger partial charge in [-0.1, -0.05) is 24.3 Å². The Balaban J connectivity index is 2.56. The number of carboxylic acids is 1. The summed E-state index contributed by atoms with van der Waals surface area (Å²) in [6.45, 7) is 3.51. The molecule has 0 saturated carbocycles. The van der Waals surface area contributed by atoms with E-state index in [4.69, 9.17) is 5.11 Å². The van der Waals surface area contributed by atoms with E-state index in [0.29, 0.717) is 12.8 Å². The summed E-state index contributed by atoms with van der Waals surface area (Å²) in [5.74, 6) is -1.13. The van der Waals surface area contributed by atoms with Crippen molar-refractivity contribution in [1.29, 1.82) is 0 Å². The standard InChI is InChI=1S/C14H19NO3/c1-10-6-4-5-7-12(10)8-9-13(16)15(3)11(2)14(17)18/h4-7,11H,8-9H2,1-3H3,(H,17,18). The molecule has 1 aromatic rings. The van der Waals surface area contributed by atoms with Crippen LogP contribution in [0.5, 0.6) is 0 Å². The number of benzene rings is 1. The fourth-order valence-corrected chi connectivity index (χ4v) is 1.69. The number of carbonyl (C=O) groups excluding carboxylic acids is 1. The lowest BCUT2D eigenvalue weighted by atomic mass is 10.0. The van der Waals surface area contributed by atoms with Crippen molar-refractivity contribution in [3.63, 3.8) is 0 Å². The van der Waals surface area contributed by atoms with E-state index in [9.17, 15) is 9.59 Å². The number of aryl methyl sites for hydroxylation is 2. The smallest absolute Gasteiger partial charge is 0.326 e. The molecule has 0 aliphatic heterocycles. The van der Waals surface area contributed by atoms with Gasteiger partial charge in [0.1, 0.15) is 6.04 Å². The summed E-state index contributed by atoms with van der Waals surface area (Å²) in [6, 6.07) is 7.11. The Morgan fingerprint density at radius 2 is 1.94 bits per heavy atom. The van der Waals surface area contributed by atoms with Crippen LogP contribution in [0.15, 0.2) is 24.3 Å². The van der Waals surface area contributed by atoms with Crippen LogP contribution in [0.25, 0.3) is 0 Å². The maximum absolute atomic E-state index is 11.8. The first kappa shape index (κ1) is 14.2. The third kappa shape index (κ3) is 3.58. The van der Waals surface area contributed by atoms with E-state index in [0.717, 1.165) is 11.1 Å². The van der Waals surface area contributed by atoms with Gasteiger partial charge in [-0.25, -0.2) is 4.79 Å². The second kappa shape index (κ2) is 6.19. The van der Waals surface area contributed by atoms with Crippen molar-refractivity contribution in [2.24, 2.45) is 0 Å². The highest BCUT2D eigenvalue weighted by atomic mass is 16.4. The van der Waals surface area contributed by atoms with Crippen LogP contribution in [0.1, 0.15) is 24.5 Å². The van der Waals surface area contributed by atoms with Crippen molar-refractivity contribution in [1.82, 2.24) is 4.90 Å². The summed E-state index contributed by atoms with van der Waals surface area (Å²) in [6.07, 6.45) is 0.973. The number of amides is 1. The lowest BCUT2D eigenvalue weighted by Crippen LogP contribution is -2.40. The molecule has 1 unspecified atom stereocenters. The lowest BCUT2D eigenvalue weighted by molar-refractivity contribution is -0.148. The van der Waals surface area contributed by atoms with Gasteiger partial charge in [0, 0.05) is 13.5 Å². The zero-order valence-corrected chi connectivity index (χ0v) is 11.0. The van der Waals surface area contributed by atoms with Crippen molar-refractivity contribution in [3.8, 4) is 0 Å². The lowest BCUT2D eigenvalue weighted by Gasteiger charge is -2.21. The fourth-order valence-electron chi connectivity index (χ4n) is 1.69. The number of rotatable bonds is 5. The number of likely N-dealkylation sites (N-methyl/N-ethyl adjacent to an activating group) is 1. The molecule has 0 aliphatic carbocycles. The van der Waals surface area contributed by atoms with E-state index in [1.54, 1.807) is 0 Å². The number of nitrogens with zero attached hydrogens (tertiary/aromatic N) is 1. The summed E-state index contributed by atoms with van der Waals surface area (Å²) in [4.78, 5) is 23.9. The maximum atomic E-state index is 11.8. The molecule has 0 aliphatic rings. The van der Waals surface area contributed by atoms with Gasteiger partial charge in [0.15, 0.2) is 0 Å². The number of hydrogen-bond acceptors (Lipinski definition) is 2. The molecule has 18 heavy (non-hydrogen) atoms. The summed E-state index contributed by atoms with van der Waals surface area (Å²) in [5, 5.41) is 8.84. The molecule has 0 bridgehead atoms. The second-order valence-corrected chi connectivity index (χ2v) is 4.45. The van der Waals surface area contributed by atoms with Crippen LogP contribution in [0, 0.1) is 6.92 Å². The van der Waals surface area contributed by atoms with Crippen molar-refractivity contribution in [2.45, 2.75) is 32.7 Å². The van der Waals surface area contributed by atoms with Crippen LogP contribution >= 0.6 is 0 Å². The highest BCUT2D eigenvalue weighted by molar-refractivity contribution is 5.83. The molecule has 4 nitrogen and oxygen atoms in total. The van der Waals surface area contributed by atoms with Gasteiger partial charge in [-0.15, -0.1) is 0 Å². The predicted octanol–water partition coefficient (Wildman–Crippen LogP) is 1.86. The molecule has 1 amide bonds. The van der Waals surface area contributed by atoms with Crippen molar-refractivity contribution in [3.05, 3.63) is 35.4 Å². The molecule has 1 N–H and O–H groups in total. The first-order chi connectivity index (χ1) is 8.43. The Bertz CT molecular complexity index is 442. The molecule has 0 aromatic heterocycles. The zero-order chi connectivity index (χ0) is 13.7. The van der Waals surface area contributed by atoms with Gasteiger partial charge in [-0.3, -0.25) is 4.79 Å². The molecule has 0 fully saturated rings. The zero-order valence-electron chi connectivity index (χ0n) is 11.0. The van der Waals surface area contributed by atoms with Gasteiger partial charge in [-0.05, 0) is 31.4 Å². The van der Waals surface area contributed by atoms with Gasteiger partial charge in [-0.2, -0.15) is 0 Å². The molecular formula is C14H19NO3. The Labute approximate surface area is 107 Å². The molecular weight excluding hydrogens is 230 g/mol. The fraction of sp³-hybridized carbons (Fsp3) is 0.429.